The van der Waals surface area contributed by atoms with Gasteiger partial charge in [-0.25, -0.2) is 4.79 Å². The summed E-state index contributed by atoms with van der Waals surface area (Å²) in [6.45, 7) is 6.91. The normalized spacial score (nSPS) is 16.0. The first-order chi connectivity index (χ1) is 11.2. The van der Waals surface area contributed by atoms with Crippen molar-refractivity contribution in [2.45, 2.75) is 45.3 Å². The molecular weight excluding hydrogens is 330 g/mol. The van der Waals surface area contributed by atoms with Crippen LogP contribution in [0.2, 0.25) is 5.02 Å². The van der Waals surface area contributed by atoms with Crippen molar-refractivity contribution in [3.05, 3.63) is 17.2 Å². The SMILES string of the molecule is COc1cc(NC2CCN(C(=O)OC(C)(C)C)CC2)c(N)cc1Cl. The highest BCUT2D eigenvalue weighted by molar-refractivity contribution is 6.32. The molecule has 134 valence electrons. The second kappa shape index (κ2) is 7.38. The fourth-order valence-corrected chi connectivity index (χ4v) is 2.85. The summed E-state index contributed by atoms with van der Waals surface area (Å²) in [5, 5.41) is 3.90. The Kier molecular flexibility index (Phi) is 5.70. The molecule has 1 aromatic carbocycles. The van der Waals surface area contributed by atoms with Crippen molar-refractivity contribution in [3.8, 4) is 5.75 Å². The number of nitrogens with two attached hydrogens (primary N) is 1. The lowest BCUT2D eigenvalue weighted by Gasteiger charge is -2.34. The minimum Gasteiger partial charge on any atom is -0.495 e. The number of hydrogen-bond donors (Lipinski definition) is 2. The van der Waals surface area contributed by atoms with Crippen LogP contribution >= 0.6 is 11.6 Å². The average Bonchev–Trinajstić information content (AvgIpc) is 2.49. The lowest BCUT2D eigenvalue weighted by atomic mass is 10.0. The van der Waals surface area contributed by atoms with E-state index in [2.05, 4.69) is 5.32 Å². The molecule has 0 atom stereocenters. The van der Waals surface area contributed by atoms with E-state index in [4.69, 9.17) is 26.8 Å². The van der Waals surface area contributed by atoms with Crippen LogP contribution in [-0.2, 0) is 4.74 Å². The number of ether oxygens (including phenoxy) is 2. The number of halogens is 1. The summed E-state index contributed by atoms with van der Waals surface area (Å²) in [6, 6.07) is 3.72. The van der Waals surface area contributed by atoms with Gasteiger partial charge in [-0.3, -0.25) is 0 Å². The van der Waals surface area contributed by atoms with Gasteiger partial charge in [-0.1, -0.05) is 11.6 Å². The molecule has 6 nitrogen and oxygen atoms in total. The van der Waals surface area contributed by atoms with Gasteiger partial charge < -0.3 is 25.4 Å². The van der Waals surface area contributed by atoms with Gasteiger partial charge in [0, 0.05) is 25.2 Å². The minimum atomic E-state index is -0.472. The number of carbonyl (C=O) groups excluding carboxylic acids is 1. The zero-order valence-corrected chi connectivity index (χ0v) is 15.4. The second-order valence-electron chi connectivity index (χ2n) is 6.96. The second-order valence-corrected chi connectivity index (χ2v) is 7.37. The number of carbonyl (C=O) groups is 1. The smallest absolute Gasteiger partial charge is 0.410 e. The number of rotatable bonds is 3. The molecule has 1 saturated heterocycles. The Morgan fingerprint density at radius 1 is 1.33 bits per heavy atom. The maximum atomic E-state index is 12.1. The molecule has 1 aliphatic heterocycles. The predicted octanol–water partition coefficient (Wildman–Crippen LogP) is 3.74. The van der Waals surface area contributed by atoms with Crippen molar-refractivity contribution in [1.29, 1.82) is 0 Å². The van der Waals surface area contributed by atoms with Gasteiger partial charge in [0.05, 0.1) is 23.5 Å². The minimum absolute atomic E-state index is 0.233. The van der Waals surface area contributed by atoms with E-state index < -0.39 is 5.60 Å². The number of benzene rings is 1. The van der Waals surface area contributed by atoms with Crippen molar-refractivity contribution in [3.63, 3.8) is 0 Å². The summed E-state index contributed by atoms with van der Waals surface area (Å²) >= 11 is 6.06. The maximum Gasteiger partial charge on any atom is 0.410 e. The van der Waals surface area contributed by atoms with Crippen LogP contribution < -0.4 is 15.8 Å². The lowest BCUT2D eigenvalue weighted by Crippen LogP contribution is -2.44. The summed E-state index contributed by atoms with van der Waals surface area (Å²) in [5.41, 5.74) is 6.93. The highest BCUT2D eigenvalue weighted by Gasteiger charge is 2.27. The van der Waals surface area contributed by atoms with E-state index in [0.717, 1.165) is 18.5 Å². The van der Waals surface area contributed by atoms with E-state index in [1.807, 2.05) is 20.8 Å². The van der Waals surface area contributed by atoms with Crippen LogP contribution in [0, 0.1) is 0 Å². The van der Waals surface area contributed by atoms with Crippen LogP contribution in [0.1, 0.15) is 33.6 Å². The van der Waals surface area contributed by atoms with E-state index in [9.17, 15) is 4.79 Å². The molecular formula is C17H26ClN3O3. The molecule has 1 aromatic rings. The zero-order valence-electron chi connectivity index (χ0n) is 14.7. The van der Waals surface area contributed by atoms with Crippen molar-refractivity contribution < 1.29 is 14.3 Å². The number of nitrogen functional groups attached to an aromatic ring is 1. The molecule has 0 bridgehead atoms. The first-order valence-corrected chi connectivity index (χ1v) is 8.45. The molecule has 0 saturated carbocycles. The van der Waals surface area contributed by atoms with E-state index in [-0.39, 0.29) is 12.1 Å². The molecule has 1 heterocycles. The predicted molar refractivity (Wildman–Crippen MR) is 96.9 cm³/mol. The van der Waals surface area contributed by atoms with Gasteiger partial charge in [0.15, 0.2) is 0 Å². The third kappa shape index (κ3) is 4.84. The molecule has 3 N–H and O–H groups in total. The van der Waals surface area contributed by atoms with E-state index in [0.29, 0.717) is 29.5 Å². The Morgan fingerprint density at radius 3 is 2.50 bits per heavy atom. The number of nitrogens with zero attached hydrogens (tertiary/aromatic N) is 1. The third-order valence-electron chi connectivity index (χ3n) is 3.83. The maximum absolute atomic E-state index is 12.1. The van der Waals surface area contributed by atoms with Crippen LogP contribution in [0.4, 0.5) is 16.2 Å². The molecule has 1 aliphatic rings. The van der Waals surface area contributed by atoms with Crippen LogP contribution in [0.25, 0.3) is 0 Å². The molecule has 0 spiro atoms. The first kappa shape index (κ1) is 18.5. The Bertz CT molecular complexity index is 593. The van der Waals surface area contributed by atoms with Gasteiger partial charge in [0.1, 0.15) is 11.4 Å². The zero-order chi connectivity index (χ0) is 17.9. The molecule has 7 heteroatoms. The summed E-state index contributed by atoms with van der Waals surface area (Å²) in [6.07, 6.45) is 1.39. The first-order valence-electron chi connectivity index (χ1n) is 8.07. The van der Waals surface area contributed by atoms with E-state index >= 15 is 0 Å². The molecule has 0 unspecified atom stereocenters. The van der Waals surface area contributed by atoms with Gasteiger partial charge in [-0.15, -0.1) is 0 Å². The molecule has 0 radical (unpaired) electrons. The fourth-order valence-electron chi connectivity index (χ4n) is 2.60. The van der Waals surface area contributed by atoms with Gasteiger partial charge >= 0.3 is 6.09 Å². The van der Waals surface area contributed by atoms with Crippen LogP contribution in [0.15, 0.2) is 12.1 Å². The molecule has 0 aromatic heterocycles. The highest BCUT2D eigenvalue weighted by atomic mass is 35.5. The van der Waals surface area contributed by atoms with Crippen LogP contribution in [-0.4, -0.2) is 42.8 Å². The number of likely N-dealkylation sites (tertiary alicyclic amines) is 1. The Balaban J connectivity index is 1.93. The van der Waals surface area contributed by atoms with Crippen molar-refractivity contribution >= 4 is 29.1 Å². The van der Waals surface area contributed by atoms with E-state index in [1.54, 1.807) is 24.1 Å². The number of methoxy groups -OCH3 is 1. The number of anilines is 2. The van der Waals surface area contributed by atoms with Crippen LogP contribution in [0.3, 0.4) is 0 Å². The summed E-state index contributed by atoms with van der Waals surface area (Å²) in [7, 11) is 1.57. The molecule has 1 fully saturated rings. The molecule has 24 heavy (non-hydrogen) atoms. The quantitative estimate of drug-likeness (QED) is 0.807. The number of hydrogen-bond acceptors (Lipinski definition) is 5. The lowest BCUT2D eigenvalue weighted by molar-refractivity contribution is 0.0210. The molecule has 0 aliphatic carbocycles. The molecule has 2 rings (SSSR count). The van der Waals surface area contributed by atoms with Gasteiger partial charge in [0.2, 0.25) is 0 Å². The monoisotopic (exact) mass is 355 g/mol. The number of nitrogens with one attached hydrogen (secondary N) is 1. The Labute approximate surface area is 148 Å². The largest absolute Gasteiger partial charge is 0.495 e. The standard InChI is InChI=1S/C17H26ClN3O3/c1-17(2,3)24-16(22)21-7-5-11(6-8-21)20-14-10-15(23-4)12(18)9-13(14)19/h9-11,20H,5-8,19H2,1-4H3. The third-order valence-corrected chi connectivity index (χ3v) is 4.13. The summed E-state index contributed by atoms with van der Waals surface area (Å²) in [4.78, 5) is 13.8. The summed E-state index contributed by atoms with van der Waals surface area (Å²) < 4.78 is 10.6. The van der Waals surface area contributed by atoms with Gasteiger partial charge in [-0.2, -0.15) is 0 Å². The van der Waals surface area contributed by atoms with Gasteiger partial charge in [-0.05, 0) is 39.7 Å². The van der Waals surface area contributed by atoms with E-state index in [1.165, 1.54) is 0 Å². The average molecular weight is 356 g/mol. The topological polar surface area (TPSA) is 76.8 Å². The summed E-state index contributed by atoms with van der Waals surface area (Å²) in [5.74, 6) is 0.583. The van der Waals surface area contributed by atoms with Crippen molar-refractivity contribution in [2.75, 3.05) is 31.2 Å². The highest BCUT2D eigenvalue weighted by Crippen LogP contribution is 2.33. The van der Waals surface area contributed by atoms with Gasteiger partial charge in [0.25, 0.3) is 0 Å². The number of amides is 1. The van der Waals surface area contributed by atoms with Crippen molar-refractivity contribution in [1.82, 2.24) is 4.90 Å². The fraction of sp³-hybridized carbons (Fsp3) is 0.588. The Hall–Kier alpha value is -1.82. The van der Waals surface area contributed by atoms with Crippen molar-refractivity contribution in [2.24, 2.45) is 0 Å². The van der Waals surface area contributed by atoms with Crippen LogP contribution in [0.5, 0.6) is 5.75 Å². The Morgan fingerprint density at radius 2 is 1.96 bits per heavy atom. The molecule has 1 amide bonds. The number of piperidine rings is 1.